The Hall–Kier alpha value is -1.59. The molecule has 1 heterocycles. The van der Waals surface area contributed by atoms with Crippen molar-refractivity contribution in [3.63, 3.8) is 0 Å². The molecule has 6 heteroatoms. The van der Waals surface area contributed by atoms with Crippen LogP contribution in [0.15, 0.2) is 0 Å². The molecule has 1 fully saturated rings. The Morgan fingerprint density at radius 2 is 1.91 bits per heavy atom. The molecular weight excluding hydrogens is 284 g/mol. The van der Waals surface area contributed by atoms with Crippen molar-refractivity contribution in [1.82, 2.24) is 9.80 Å². The number of aliphatic carboxylic acids is 1. The van der Waals surface area contributed by atoms with Gasteiger partial charge in [-0.05, 0) is 19.3 Å². The summed E-state index contributed by atoms with van der Waals surface area (Å²) in [6, 6.07) is 0. The van der Waals surface area contributed by atoms with Gasteiger partial charge in [-0.25, -0.2) is 0 Å². The van der Waals surface area contributed by atoms with Crippen LogP contribution >= 0.6 is 0 Å². The number of carboxylic acid groups (broad SMARTS) is 1. The van der Waals surface area contributed by atoms with Crippen LogP contribution in [0.2, 0.25) is 0 Å². The molecule has 1 aliphatic rings. The Morgan fingerprint density at radius 3 is 2.45 bits per heavy atom. The summed E-state index contributed by atoms with van der Waals surface area (Å²) in [7, 11) is 1.70. The van der Waals surface area contributed by atoms with Gasteiger partial charge in [-0.2, -0.15) is 0 Å². The Morgan fingerprint density at radius 1 is 1.27 bits per heavy atom. The zero-order chi connectivity index (χ0) is 16.9. The van der Waals surface area contributed by atoms with Crippen LogP contribution in [0.4, 0.5) is 0 Å². The SMILES string of the molecule is CN(CCCC(=O)O)C(=O)C1CCCN(C(=O)C(C)(C)C)C1. The lowest BCUT2D eigenvalue weighted by molar-refractivity contribution is -0.145. The highest BCUT2D eigenvalue weighted by Crippen LogP contribution is 2.24. The molecule has 22 heavy (non-hydrogen) atoms. The highest BCUT2D eigenvalue weighted by molar-refractivity contribution is 5.83. The number of amides is 2. The normalized spacial score (nSPS) is 18.9. The molecule has 2 amide bonds. The number of carbonyl (C=O) groups excluding carboxylic acids is 2. The lowest BCUT2D eigenvalue weighted by atomic mass is 9.90. The molecular formula is C16H28N2O4. The molecule has 0 radical (unpaired) electrons. The second-order valence-corrected chi connectivity index (χ2v) is 7.10. The quantitative estimate of drug-likeness (QED) is 0.836. The number of rotatable bonds is 5. The third-order valence-electron chi connectivity index (χ3n) is 3.96. The average Bonchev–Trinajstić information content (AvgIpc) is 2.44. The van der Waals surface area contributed by atoms with Crippen LogP contribution in [0.3, 0.4) is 0 Å². The van der Waals surface area contributed by atoms with E-state index in [9.17, 15) is 14.4 Å². The zero-order valence-electron chi connectivity index (χ0n) is 14.1. The molecule has 1 saturated heterocycles. The molecule has 126 valence electrons. The van der Waals surface area contributed by atoms with Gasteiger partial charge in [0, 0.05) is 38.5 Å². The first-order valence-corrected chi connectivity index (χ1v) is 7.89. The Bertz CT molecular complexity index is 428. The van der Waals surface area contributed by atoms with Crippen molar-refractivity contribution < 1.29 is 19.5 Å². The maximum atomic E-state index is 12.4. The van der Waals surface area contributed by atoms with E-state index < -0.39 is 11.4 Å². The first kappa shape index (κ1) is 18.5. The third kappa shape index (κ3) is 5.31. The summed E-state index contributed by atoms with van der Waals surface area (Å²) in [5.74, 6) is -0.925. The van der Waals surface area contributed by atoms with Gasteiger partial charge in [-0.15, -0.1) is 0 Å². The minimum Gasteiger partial charge on any atom is -0.481 e. The molecule has 0 aromatic rings. The summed E-state index contributed by atoms with van der Waals surface area (Å²) in [6.45, 7) is 7.28. The second kappa shape index (κ2) is 7.61. The second-order valence-electron chi connectivity index (χ2n) is 7.10. The average molecular weight is 312 g/mol. The molecule has 0 saturated carbocycles. The molecule has 0 aliphatic carbocycles. The van der Waals surface area contributed by atoms with E-state index in [2.05, 4.69) is 0 Å². The van der Waals surface area contributed by atoms with E-state index in [1.165, 1.54) is 0 Å². The Kier molecular flexibility index (Phi) is 6.38. The fraction of sp³-hybridized carbons (Fsp3) is 0.812. The van der Waals surface area contributed by atoms with E-state index in [0.717, 1.165) is 12.8 Å². The standard InChI is InChI=1S/C16H28N2O4/c1-16(2,3)15(22)18-10-5-7-12(11-18)14(21)17(4)9-6-8-13(19)20/h12H,5-11H2,1-4H3,(H,19,20). The van der Waals surface area contributed by atoms with Crippen LogP contribution in [0, 0.1) is 11.3 Å². The monoisotopic (exact) mass is 312 g/mol. The molecule has 1 aliphatic heterocycles. The number of likely N-dealkylation sites (tertiary alicyclic amines) is 1. The van der Waals surface area contributed by atoms with Gasteiger partial charge < -0.3 is 14.9 Å². The first-order chi connectivity index (χ1) is 10.1. The number of nitrogens with zero attached hydrogens (tertiary/aromatic N) is 2. The van der Waals surface area contributed by atoms with Crippen LogP contribution in [-0.2, 0) is 14.4 Å². The number of piperidine rings is 1. The number of carboxylic acids is 1. The summed E-state index contributed by atoms with van der Waals surface area (Å²) in [5, 5.41) is 8.64. The van der Waals surface area contributed by atoms with E-state index in [4.69, 9.17) is 5.11 Å². The lowest BCUT2D eigenvalue weighted by Crippen LogP contribution is -2.49. The van der Waals surface area contributed by atoms with Gasteiger partial charge in [-0.3, -0.25) is 14.4 Å². The topological polar surface area (TPSA) is 77.9 Å². The molecule has 1 N–H and O–H groups in total. The van der Waals surface area contributed by atoms with Crippen LogP contribution < -0.4 is 0 Å². The summed E-state index contributed by atoms with van der Waals surface area (Å²) in [4.78, 5) is 38.7. The third-order valence-corrected chi connectivity index (χ3v) is 3.96. The maximum absolute atomic E-state index is 12.4. The Balaban J connectivity index is 2.55. The lowest BCUT2D eigenvalue weighted by Gasteiger charge is -2.37. The number of hydrogen-bond acceptors (Lipinski definition) is 3. The van der Waals surface area contributed by atoms with Crippen LogP contribution in [0.5, 0.6) is 0 Å². The van der Waals surface area contributed by atoms with Crippen molar-refractivity contribution in [2.75, 3.05) is 26.7 Å². The summed E-state index contributed by atoms with van der Waals surface area (Å²) in [5.41, 5.74) is -0.432. The molecule has 6 nitrogen and oxygen atoms in total. The van der Waals surface area contributed by atoms with Gasteiger partial charge in [0.1, 0.15) is 0 Å². The van der Waals surface area contributed by atoms with E-state index in [0.29, 0.717) is 26.1 Å². The van der Waals surface area contributed by atoms with Gasteiger partial charge in [0.2, 0.25) is 11.8 Å². The van der Waals surface area contributed by atoms with Gasteiger partial charge in [0.15, 0.2) is 0 Å². The number of carbonyl (C=O) groups is 3. The van der Waals surface area contributed by atoms with Gasteiger partial charge >= 0.3 is 5.97 Å². The number of hydrogen-bond donors (Lipinski definition) is 1. The van der Waals surface area contributed by atoms with Crippen molar-refractivity contribution in [2.45, 2.75) is 46.5 Å². The highest BCUT2D eigenvalue weighted by Gasteiger charge is 2.34. The molecule has 0 aromatic heterocycles. The van der Waals surface area contributed by atoms with Crippen molar-refractivity contribution in [3.8, 4) is 0 Å². The van der Waals surface area contributed by atoms with E-state index in [1.807, 2.05) is 20.8 Å². The predicted octanol–water partition coefficient (Wildman–Crippen LogP) is 1.59. The van der Waals surface area contributed by atoms with Crippen molar-refractivity contribution in [3.05, 3.63) is 0 Å². The predicted molar refractivity (Wildman–Crippen MR) is 83.3 cm³/mol. The maximum Gasteiger partial charge on any atom is 0.303 e. The van der Waals surface area contributed by atoms with Gasteiger partial charge in [0.05, 0.1) is 5.92 Å². The molecule has 0 bridgehead atoms. The van der Waals surface area contributed by atoms with Crippen LogP contribution in [-0.4, -0.2) is 59.4 Å². The van der Waals surface area contributed by atoms with E-state index in [-0.39, 0.29) is 24.2 Å². The molecule has 0 spiro atoms. The summed E-state index contributed by atoms with van der Waals surface area (Å²) >= 11 is 0. The highest BCUT2D eigenvalue weighted by atomic mass is 16.4. The molecule has 1 rings (SSSR count). The Labute approximate surface area is 132 Å². The van der Waals surface area contributed by atoms with E-state index in [1.54, 1.807) is 16.8 Å². The molecule has 1 unspecified atom stereocenters. The fourth-order valence-electron chi connectivity index (χ4n) is 2.73. The zero-order valence-corrected chi connectivity index (χ0v) is 14.1. The smallest absolute Gasteiger partial charge is 0.303 e. The fourth-order valence-corrected chi connectivity index (χ4v) is 2.73. The van der Waals surface area contributed by atoms with Gasteiger partial charge in [-0.1, -0.05) is 20.8 Å². The van der Waals surface area contributed by atoms with Gasteiger partial charge in [0.25, 0.3) is 0 Å². The minimum atomic E-state index is -0.847. The van der Waals surface area contributed by atoms with Crippen molar-refractivity contribution >= 4 is 17.8 Å². The summed E-state index contributed by atoms with van der Waals surface area (Å²) < 4.78 is 0. The minimum absolute atomic E-state index is 0.0109. The molecule has 0 aromatic carbocycles. The van der Waals surface area contributed by atoms with Crippen LogP contribution in [0.1, 0.15) is 46.5 Å². The first-order valence-electron chi connectivity index (χ1n) is 7.89. The van der Waals surface area contributed by atoms with Crippen molar-refractivity contribution in [2.24, 2.45) is 11.3 Å². The summed E-state index contributed by atoms with van der Waals surface area (Å²) in [6.07, 6.45) is 2.14. The van der Waals surface area contributed by atoms with Crippen LogP contribution in [0.25, 0.3) is 0 Å². The van der Waals surface area contributed by atoms with E-state index >= 15 is 0 Å². The molecule has 1 atom stereocenters. The van der Waals surface area contributed by atoms with Crippen molar-refractivity contribution in [1.29, 1.82) is 0 Å². The largest absolute Gasteiger partial charge is 0.481 e.